The number of anilines is 1. The molecule has 0 fully saturated rings. The smallest absolute Gasteiger partial charge is 0.258 e. The predicted octanol–water partition coefficient (Wildman–Crippen LogP) is 3.45. The lowest BCUT2D eigenvalue weighted by molar-refractivity contribution is 0.0984. The van der Waals surface area contributed by atoms with Gasteiger partial charge in [0.1, 0.15) is 5.82 Å². The number of hydrogen-bond acceptors (Lipinski definition) is 3. The third-order valence-electron chi connectivity index (χ3n) is 4.86. The van der Waals surface area contributed by atoms with Crippen molar-refractivity contribution in [1.82, 2.24) is 4.31 Å². The molecule has 0 saturated carbocycles. The van der Waals surface area contributed by atoms with Crippen molar-refractivity contribution in [3.63, 3.8) is 0 Å². The van der Waals surface area contributed by atoms with E-state index in [2.05, 4.69) is 0 Å². The number of sulfonamides is 1. The van der Waals surface area contributed by atoms with Gasteiger partial charge >= 0.3 is 0 Å². The molecule has 0 spiro atoms. The normalized spacial score (nSPS) is 14.3. The van der Waals surface area contributed by atoms with Gasteiger partial charge in [-0.2, -0.15) is 4.31 Å². The predicted molar refractivity (Wildman–Crippen MR) is 103 cm³/mol. The van der Waals surface area contributed by atoms with Crippen LogP contribution in [-0.2, 0) is 16.4 Å². The van der Waals surface area contributed by atoms with Gasteiger partial charge < -0.3 is 4.90 Å². The van der Waals surface area contributed by atoms with Crippen LogP contribution in [0.15, 0.2) is 47.4 Å². The zero-order chi connectivity index (χ0) is 19.6. The molecule has 1 heterocycles. The van der Waals surface area contributed by atoms with Crippen LogP contribution in [0, 0.1) is 5.82 Å². The van der Waals surface area contributed by atoms with Gasteiger partial charge in [-0.05, 0) is 48.7 Å². The second-order valence-corrected chi connectivity index (χ2v) is 8.36. The average Bonchev–Trinajstić information content (AvgIpc) is 2.68. The summed E-state index contributed by atoms with van der Waals surface area (Å²) in [5.41, 5.74) is 1.48. The largest absolute Gasteiger partial charge is 0.305 e. The Hall–Kier alpha value is -2.25. The van der Waals surface area contributed by atoms with Gasteiger partial charge in [-0.3, -0.25) is 4.79 Å². The first-order valence-corrected chi connectivity index (χ1v) is 10.5. The Labute approximate surface area is 159 Å². The fourth-order valence-electron chi connectivity index (χ4n) is 3.44. The maximum atomic E-state index is 14.3. The van der Waals surface area contributed by atoms with Gasteiger partial charge in [-0.1, -0.05) is 26.0 Å². The van der Waals surface area contributed by atoms with Gasteiger partial charge in [0.25, 0.3) is 5.91 Å². The summed E-state index contributed by atoms with van der Waals surface area (Å²) in [5, 5.41) is 0. The summed E-state index contributed by atoms with van der Waals surface area (Å²) in [6.07, 6.45) is 1.49. The molecule has 5 nitrogen and oxygen atoms in total. The maximum Gasteiger partial charge on any atom is 0.258 e. The van der Waals surface area contributed by atoms with E-state index in [0.29, 0.717) is 30.9 Å². The number of aryl methyl sites for hydroxylation is 1. The molecular formula is C20H23FN2O3S. The van der Waals surface area contributed by atoms with Crippen molar-refractivity contribution in [1.29, 1.82) is 0 Å². The van der Waals surface area contributed by atoms with E-state index in [1.54, 1.807) is 19.9 Å². The molecule has 0 N–H and O–H groups in total. The Balaban J connectivity index is 1.90. The molecule has 0 bridgehead atoms. The number of halogens is 1. The number of benzene rings is 2. The highest BCUT2D eigenvalue weighted by atomic mass is 32.2. The van der Waals surface area contributed by atoms with E-state index in [0.717, 1.165) is 18.4 Å². The summed E-state index contributed by atoms with van der Waals surface area (Å²) in [7, 11) is -3.58. The summed E-state index contributed by atoms with van der Waals surface area (Å²) in [5.74, 6) is -0.742. The van der Waals surface area contributed by atoms with E-state index in [9.17, 15) is 17.6 Å². The van der Waals surface area contributed by atoms with E-state index >= 15 is 0 Å². The lowest BCUT2D eigenvalue weighted by atomic mass is 10.0. The van der Waals surface area contributed by atoms with Crippen LogP contribution in [0.2, 0.25) is 0 Å². The van der Waals surface area contributed by atoms with Crippen LogP contribution in [0.1, 0.15) is 36.2 Å². The molecule has 3 rings (SSSR count). The Kier molecular flexibility index (Phi) is 5.62. The summed E-state index contributed by atoms with van der Waals surface area (Å²) in [6.45, 7) is 4.75. The van der Waals surface area contributed by atoms with Crippen LogP contribution in [0.4, 0.5) is 10.1 Å². The number of rotatable bonds is 5. The summed E-state index contributed by atoms with van der Waals surface area (Å²) in [6, 6.07) is 10.7. The Morgan fingerprint density at radius 2 is 1.78 bits per heavy atom. The highest BCUT2D eigenvalue weighted by Gasteiger charge is 2.27. The Morgan fingerprint density at radius 3 is 2.41 bits per heavy atom. The molecular weight excluding hydrogens is 367 g/mol. The number of nitrogens with zero attached hydrogens (tertiary/aromatic N) is 2. The molecule has 0 aliphatic carbocycles. The molecule has 144 valence electrons. The lowest BCUT2D eigenvalue weighted by Crippen LogP contribution is -2.36. The van der Waals surface area contributed by atoms with E-state index < -0.39 is 15.8 Å². The van der Waals surface area contributed by atoms with E-state index in [1.807, 2.05) is 6.07 Å². The van der Waals surface area contributed by atoms with E-state index in [4.69, 9.17) is 0 Å². The van der Waals surface area contributed by atoms with Crippen LogP contribution in [0.5, 0.6) is 0 Å². The third kappa shape index (κ3) is 3.61. The third-order valence-corrected chi connectivity index (χ3v) is 6.92. The van der Waals surface area contributed by atoms with Gasteiger partial charge in [0.15, 0.2) is 0 Å². The number of hydrogen-bond donors (Lipinski definition) is 0. The fraction of sp³-hybridized carbons (Fsp3) is 0.350. The van der Waals surface area contributed by atoms with Gasteiger partial charge in [0, 0.05) is 25.2 Å². The van der Waals surface area contributed by atoms with Crippen molar-refractivity contribution in [3.8, 4) is 0 Å². The molecule has 0 radical (unpaired) electrons. The number of para-hydroxylation sites is 1. The van der Waals surface area contributed by atoms with E-state index in [-0.39, 0.29) is 10.8 Å². The molecule has 0 unspecified atom stereocenters. The number of carbonyl (C=O) groups is 1. The standard InChI is InChI=1S/C20H23FN2O3S/c1-3-22(4-2)27(25,26)17-12-10-16(11-13-17)20(24)23-14-6-8-15-7-5-9-18(21)19(15)23/h5,7,9-13H,3-4,6,8,14H2,1-2H3. The average molecular weight is 390 g/mol. The second kappa shape index (κ2) is 7.78. The van der Waals surface area contributed by atoms with Crippen molar-refractivity contribution in [2.24, 2.45) is 0 Å². The zero-order valence-corrected chi connectivity index (χ0v) is 16.3. The summed E-state index contributed by atoms with van der Waals surface area (Å²) < 4.78 is 40.8. The molecule has 1 aliphatic rings. The minimum Gasteiger partial charge on any atom is -0.305 e. The molecule has 1 aliphatic heterocycles. The number of amides is 1. The summed E-state index contributed by atoms with van der Waals surface area (Å²) >= 11 is 0. The van der Waals surface area contributed by atoms with Crippen LogP contribution >= 0.6 is 0 Å². The molecule has 2 aromatic carbocycles. The van der Waals surface area contributed by atoms with E-state index in [1.165, 1.54) is 39.5 Å². The number of fused-ring (bicyclic) bond motifs is 1. The first-order valence-electron chi connectivity index (χ1n) is 9.09. The first-order chi connectivity index (χ1) is 12.9. The van der Waals surface area contributed by atoms with Crippen molar-refractivity contribution in [2.45, 2.75) is 31.6 Å². The first kappa shape index (κ1) is 19.5. The lowest BCUT2D eigenvalue weighted by Gasteiger charge is -2.30. The highest BCUT2D eigenvalue weighted by Crippen LogP contribution is 2.31. The Bertz CT molecular complexity index is 938. The van der Waals surface area contributed by atoms with Gasteiger partial charge in [0.05, 0.1) is 10.6 Å². The second-order valence-electron chi connectivity index (χ2n) is 6.42. The minimum atomic E-state index is -3.58. The van der Waals surface area contributed by atoms with Crippen molar-refractivity contribution >= 4 is 21.6 Å². The van der Waals surface area contributed by atoms with Gasteiger partial charge in [-0.15, -0.1) is 0 Å². The zero-order valence-electron chi connectivity index (χ0n) is 15.5. The van der Waals surface area contributed by atoms with Gasteiger partial charge in [-0.25, -0.2) is 12.8 Å². The molecule has 0 saturated heterocycles. The molecule has 1 amide bonds. The van der Waals surface area contributed by atoms with Gasteiger partial charge in [0.2, 0.25) is 10.0 Å². The van der Waals surface area contributed by atoms with Crippen molar-refractivity contribution < 1.29 is 17.6 Å². The summed E-state index contributed by atoms with van der Waals surface area (Å²) in [4.78, 5) is 14.5. The number of carbonyl (C=O) groups excluding carboxylic acids is 1. The monoisotopic (exact) mass is 390 g/mol. The molecule has 0 aromatic heterocycles. The molecule has 2 aromatic rings. The van der Waals surface area contributed by atoms with Crippen molar-refractivity contribution in [3.05, 3.63) is 59.4 Å². The van der Waals surface area contributed by atoms with Crippen LogP contribution in [0.25, 0.3) is 0 Å². The van der Waals surface area contributed by atoms with Crippen LogP contribution in [-0.4, -0.2) is 38.3 Å². The topological polar surface area (TPSA) is 57.7 Å². The molecule has 7 heteroatoms. The van der Waals surface area contributed by atoms with Crippen LogP contribution in [0.3, 0.4) is 0 Å². The molecule has 0 atom stereocenters. The minimum absolute atomic E-state index is 0.146. The quantitative estimate of drug-likeness (QED) is 0.786. The van der Waals surface area contributed by atoms with Crippen LogP contribution < -0.4 is 4.90 Å². The Morgan fingerprint density at radius 1 is 1.11 bits per heavy atom. The maximum absolute atomic E-state index is 14.3. The fourth-order valence-corrected chi connectivity index (χ4v) is 4.90. The van der Waals surface area contributed by atoms with Crippen molar-refractivity contribution in [2.75, 3.05) is 24.5 Å². The SMILES string of the molecule is CCN(CC)S(=O)(=O)c1ccc(C(=O)N2CCCc3cccc(F)c32)cc1. The highest BCUT2D eigenvalue weighted by molar-refractivity contribution is 7.89. The molecule has 27 heavy (non-hydrogen) atoms.